The van der Waals surface area contributed by atoms with Gasteiger partial charge in [0.05, 0.1) is 16.8 Å². The van der Waals surface area contributed by atoms with E-state index in [2.05, 4.69) is 20.8 Å². The number of thiophene rings is 1. The third-order valence-corrected chi connectivity index (χ3v) is 10.0. The Kier molecular flexibility index (Phi) is 6.72. The number of Topliss-reactive ketones (excluding diaryl/α,β-unsaturated/α-hetero) is 1. The highest BCUT2D eigenvalue weighted by Gasteiger charge is 2.65. The number of nitrogens with zero attached hydrogens (tertiary/aromatic N) is 1. The molecule has 4 unspecified atom stereocenters. The number of carbonyl (C=O) groups is 3. The smallest absolute Gasteiger partial charge is 0.330 e. The largest absolute Gasteiger partial charge is 0.479 e. The second kappa shape index (κ2) is 10.0. The number of likely N-dealkylation sites (tertiary alicyclic amines) is 1. The van der Waals surface area contributed by atoms with Crippen molar-refractivity contribution < 1.29 is 29.0 Å². The molecule has 0 spiro atoms. The summed E-state index contributed by atoms with van der Waals surface area (Å²) in [6.45, 7) is 8.07. The Hall–Kier alpha value is -3.65. The zero-order chi connectivity index (χ0) is 29.1. The minimum absolute atomic E-state index is 0.0846. The first-order chi connectivity index (χ1) is 19.5. The fourth-order valence-electron chi connectivity index (χ4n) is 6.64. The maximum atomic E-state index is 14.5. The summed E-state index contributed by atoms with van der Waals surface area (Å²) in [5, 5.41) is 12.8. The molecular weight excluding hydrogens is 538 g/mol. The topological polar surface area (TPSA) is 93.1 Å². The molecule has 3 heterocycles. The fraction of sp³-hybridized carbons (Fsp3) is 0.424. The number of ether oxygens (including phenoxy) is 2. The van der Waals surface area contributed by atoms with Gasteiger partial charge in [-0.25, -0.2) is 4.79 Å². The summed E-state index contributed by atoms with van der Waals surface area (Å²) in [7, 11) is 0. The fourth-order valence-corrected chi connectivity index (χ4v) is 7.35. The molecular formula is C33H35NO6S. The summed E-state index contributed by atoms with van der Waals surface area (Å²) in [5.74, 6) is -2.27. The summed E-state index contributed by atoms with van der Waals surface area (Å²) >= 11 is 1.33. The van der Waals surface area contributed by atoms with E-state index in [-0.39, 0.29) is 29.8 Å². The van der Waals surface area contributed by atoms with E-state index in [0.717, 1.165) is 17.5 Å². The van der Waals surface area contributed by atoms with Crippen molar-refractivity contribution in [1.82, 2.24) is 4.90 Å². The average molecular weight is 574 g/mol. The molecule has 1 saturated carbocycles. The summed E-state index contributed by atoms with van der Waals surface area (Å²) < 4.78 is 11.2. The van der Waals surface area contributed by atoms with Gasteiger partial charge >= 0.3 is 5.97 Å². The third-order valence-electron chi connectivity index (χ3n) is 9.15. The Morgan fingerprint density at radius 1 is 0.976 bits per heavy atom. The van der Waals surface area contributed by atoms with Gasteiger partial charge in [-0.05, 0) is 65.4 Å². The van der Waals surface area contributed by atoms with Crippen LogP contribution in [0.2, 0.25) is 0 Å². The van der Waals surface area contributed by atoms with Crippen molar-refractivity contribution >= 4 is 29.0 Å². The summed E-state index contributed by atoms with van der Waals surface area (Å²) in [4.78, 5) is 44.3. The SMILES string of the molecule is CC(C)(C)c1ccc(C2C(C(=O)c3cccs3)C(c3ccc4c(c3)OCO4)N(C(=O)C3CCC3)C2(C)C(=O)O)cc1. The molecule has 0 radical (unpaired) electrons. The molecule has 3 aliphatic rings. The number of hydrogen-bond donors (Lipinski definition) is 1. The first-order valence-electron chi connectivity index (χ1n) is 14.2. The van der Waals surface area contributed by atoms with Gasteiger partial charge in [0.1, 0.15) is 5.54 Å². The first kappa shape index (κ1) is 27.5. The number of ketones is 1. The lowest BCUT2D eigenvalue weighted by molar-refractivity contribution is -0.161. The van der Waals surface area contributed by atoms with Crippen molar-refractivity contribution in [2.24, 2.45) is 11.8 Å². The number of carboxylic acids is 1. The van der Waals surface area contributed by atoms with Crippen molar-refractivity contribution in [3.63, 3.8) is 0 Å². The number of benzene rings is 2. The van der Waals surface area contributed by atoms with Crippen molar-refractivity contribution in [3.8, 4) is 11.5 Å². The standard InChI is InChI=1S/C33H35NO6S/c1-32(2,3)22-13-10-19(11-14-22)27-26(29(35)25-9-6-16-41-25)28(21-12-15-23-24(17-21)40-18-39-23)34(33(27,4)31(37)38)30(36)20-7-5-8-20/h6,9-17,20,26-28H,5,7-8,18H2,1-4H3,(H,37,38). The van der Waals surface area contributed by atoms with Crippen LogP contribution in [0.15, 0.2) is 60.0 Å². The Morgan fingerprint density at radius 3 is 2.24 bits per heavy atom. The normalized spacial score (nSPS) is 25.7. The molecule has 1 aliphatic carbocycles. The van der Waals surface area contributed by atoms with E-state index in [4.69, 9.17) is 9.47 Å². The lowest BCUT2D eigenvalue weighted by atomic mass is 9.72. The monoisotopic (exact) mass is 573 g/mol. The van der Waals surface area contributed by atoms with E-state index in [9.17, 15) is 19.5 Å². The van der Waals surface area contributed by atoms with Gasteiger partial charge in [0.25, 0.3) is 0 Å². The Balaban J connectivity index is 1.59. The van der Waals surface area contributed by atoms with Crippen molar-refractivity contribution in [1.29, 1.82) is 0 Å². The molecule has 2 fully saturated rings. The van der Waals surface area contributed by atoms with E-state index < -0.39 is 29.4 Å². The molecule has 1 N–H and O–H groups in total. The zero-order valence-electron chi connectivity index (χ0n) is 23.8. The Bertz CT molecular complexity index is 1490. The average Bonchev–Trinajstić information content (AvgIpc) is 3.65. The molecule has 6 rings (SSSR count). The molecule has 2 aromatic carbocycles. The maximum Gasteiger partial charge on any atom is 0.330 e. The van der Waals surface area contributed by atoms with Gasteiger partial charge in [-0.3, -0.25) is 9.59 Å². The molecule has 0 bridgehead atoms. The van der Waals surface area contributed by atoms with Crippen LogP contribution in [-0.2, 0) is 15.0 Å². The van der Waals surface area contributed by atoms with Gasteiger partial charge in [-0.2, -0.15) is 0 Å². The summed E-state index contributed by atoms with van der Waals surface area (Å²) in [5.41, 5.74) is 0.726. The van der Waals surface area contributed by atoms with E-state index >= 15 is 0 Å². The van der Waals surface area contributed by atoms with Crippen LogP contribution >= 0.6 is 11.3 Å². The quantitative estimate of drug-likeness (QED) is 0.335. The number of aliphatic carboxylic acids is 1. The number of rotatable bonds is 6. The maximum absolute atomic E-state index is 14.5. The van der Waals surface area contributed by atoms with Gasteiger partial charge in [-0.15, -0.1) is 11.3 Å². The summed E-state index contributed by atoms with van der Waals surface area (Å²) in [6.07, 6.45) is 2.36. The molecule has 214 valence electrons. The van der Waals surface area contributed by atoms with Gasteiger partial charge in [0.2, 0.25) is 12.7 Å². The number of fused-ring (bicyclic) bond motifs is 1. The molecule has 7 nitrogen and oxygen atoms in total. The number of carboxylic acid groups (broad SMARTS) is 1. The highest BCUT2D eigenvalue weighted by Crippen LogP contribution is 2.58. The van der Waals surface area contributed by atoms with Crippen molar-refractivity contribution in [2.75, 3.05) is 6.79 Å². The minimum atomic E-state index is -1.67. The first-order valence-corrected chi connectivity index (χ1v) is 15.0. The van der Waals surface area contributed by atoms with Crippen LogP contribution in [0.25, 0.3) is 0 Å². The molecule has 8 heteroatoms. The van der Waals surface area contributed by atoms with Crippen LogP contribution in [0, 0.1) is 11.8 Å². The van der Waals surface area contributed by atoms with Gasteiger partial charge < -0.3 is 19.5 Å². The zero-order valence-corrected chi connectivity index (χ0v) is 24.6. The highest BCUT2D eigenvalue weighted by atomic mass is 32.1. The molecule has 1 aromatic heterocycles. The van der Waals surface area contributed by atoms with E-state index in [1.165, 1.54) is 16.2 Å². The van der Waals surface area contributed by atoms with Crippen LogP contribution in [0.5, 0.6) is 11.5 Å². The van der Waals surface area contributed by atoms with Crippen LogP contribution < -0.4 is 9.47 Å². The molecule has 4 atom stereocenters. The van der Waals surface area contributed by atoms with Gasteiger partial charge in [0.15, 0.2) is 17.3 Å². The van der Waals surface area contributed by atoms with Crippen molar-refractivity contribution in [3.05, 3.63) is 81.5 Å². The number of carbonyl (C=O) groups excluding carboxylic acids is 2. The molecule has 41 heavy (non-hydrogen) atoms. The van der Waals surface area contributed by atoms with Crippen molar-refractivity contribution in [2.45, 2.75) is 69.9 Å². The second-order valence-corrected chi connectivity index (χ2v) is 13.5. The predicted octanol–water partition coefficient (Wildman–Crippen LogP) is 6.58. The molecule has 2 aliphatic heterocycles. The Morgan fingerprint density at radius 2 is 1.66 bits per heavy atom. The van der Waals surface area contributed by atoms with E-state index in [0.29, 0.717) is 34.8 Å². The highest BCUT2D eigenvalue weighted by molar-refractivity contribution is 7.12. The van der Waals surface area contributed by atoms with E-state index in [1.54, 1.807) is 25.1 Å². The lowest BCUT2D eigenvalue weighted by Gasteiger charge is -2.41. The Labute approximate surface area is 244 Å². The van der Waals surface area contributed by atoms with E-state index in [1.807, 2.05) is 41.8 Å². The van der Waals surface area contributed by atoms with Crippen LogP contribution in [0.3, 0.4) is 0 Å². The predicted molar refractivity (Wildman–Crippen MR) is 156 cm³/mol. The van der Waals surface area contributed by atoms with Crippen LogP contribution in [-0.4, -0.2) is 40.0 Å². The van der Waals surface area contributed by atoms with Gasteiger partial charge in [-0.1, -0.05) is 63.6 Å². The minimum Gasteiger partial charge on any atom is -0.479 e. The second-order valence-electron chi connectivity index (χ2n) is 12.6. The number of hydrogen-bond acceptors (Lipinski definition) is 6. The molecule has 1 amide bonds. The van der Waals surface area contributed by atoms with Crippen LogP contribution in [0.1, 0.15) is 85.3 Å². The van der Waals surface area contributed by atoms with Crippen LogP contribution in [0.4, 0.5) is 0 Å². The van der Waals surface area contributed by atoms with Gasteiger partial charge in [0, 0.05) is 11.8 Å². The number of amides is 1. The molecule has 3 aromatic rings. The molecule has 1 saturated heterocycles. The third kappa shape index (κ3) is 4.43. The summed E-state index contributed by atoms with van der Waals surface area (Å²) in [6, 6.07) is 16.1. The lowest BCUT2D eigenvalue weighted by Crippen LogP contribution is -2.56.